The maximum Gasteiger partial charge on any atom is 0.288 e. The maximum atomic E-state index is 5.92. The van der Waals surface area contributed by atoms with Crippen molar-refractivity contribution in [2.45, 2.75) is 51.5 Å². The maximum absolute atomic E-state index is 5.92. The van der Waals surface area contributed by atoms with E-state index in [1.807, 2.05) is 7.11 Å². The van der Waals surface area contributed by atoms with Crippen molar-refractivity contribution in [3.05, 3.63) is 84.2 Å². The Morgan fingerprint density at radius 1 is 0.923 bits per heavy atom. The molecule has 4 heteroatoms. The Hall–Kier alpha value is -3.76. The molecule has 2 unspecified atom stereocenters. The SMILES string of the molecule is COCC1(C)C(C)c2c(cc(C(C)(C)C)c3ccccc23)-c2c3c(nc[n+]21)c1ccc2ccccc2c1n3C. The Bertz CT molecular complexity index is 1960. The van der Waals surface area contributed by atoms with Gasteiger partial charge in [0, 0.05) is 31.0 Å². The average molecular weight is 515 g/mol. The van der Waals surface area contributed by atoms with Gasteiger partial charge < -0.3 is 9.30 Å². The Kier molecular flexibility index (Phi) is 5.06. The number of nitrogens with zero attached hydrogens (tertiary/aromatic N) is 3. The fourth-order valence-electron chi connectivity index (χ4n) is 7.23. The third kappa shape index (κ3) is 3.15. The molecule has 0 aliphatic carbocycles. The molecule has 196 valence electrons. The molecule has 1 aliphatic rings. The van der Waals surface area contributed by atoms with Gasteiger partial charge >= 0.3 is 0 Å². The van der Waals surface area contributed by atoms with E-state index in [1.54, 1.807) is 0 Å². The first-order chi connectivity index (χ1) is 18.7. The zero-order chi connectivity index (χ0) is 27.3. The molecule has 0 fully saturated rings. The van der Waals surface area contributed by atoms with E-state index >= 15 is 0 Å². The van der Waals surface area contributed by atoms with Crippen LogP contribution in [0.5, 0.6) is 0 Å². The van der Waals surface area contributed by atoms with Gasteiger partial charge in [-0.25, -0.2) is 4.57 Å². The van der Waals surface area contributed by atoms with Crippen LogP contribution in [0.15, 0.2) is 73.1 Å². The first kappa shape index (κ1) is 24.3. The Balaban J connectivity index is 1.73. The van der Waals surface area contributed by atoms with E-state index in [2.05, 4.69) is 124 Å². The van der Waals surface area contributed by atoms with Gasteiger partial charge in [0.1, 0.15) is 11.1 Å². The number of methoxy groups -OCH3 is 1. The molecular weight excluding hydrogens is 478 g/mol. The highest BCUT2D eigenvalue weighted by Crippen LogP contribution is 2.49. The average Bonchev–Trinajstić information content (AvgIpc) is 3.22. The molecule has 0 saturated heterocycles. The van der Waals surface area contributed by atoms with Gasteiger partial charge in [-0.3, -0.25) is 0 Å². The zero-order valence-electron chi connectivity index (χ0n) is 24.0. The van der Waals surface area contributed by atoms with Crippen molar-refractivity contribution in [3.63, 3.8) is 0 Å². The molecule has 7 rings (SSSR count). The molecular formula is C35H36N3O+. The standard InChI is InChI=1S/C35H36N3O/c1-21-29-25-15-11-10-14-24(25)28(34(2,3)4)18-27(29)32-33-30(36-20-38(32)35(21,5)19-39-7)26-17-16-22-12-8-9-13-23(22)31(26)37(33)6/h8-18,20-21H,19H2,1-7H3/q+1. The highest BCUT2D eigenvalue weighted by atomic mass is 16.5. The summed E-state index contributed by atoms with van der Waals surface area (Å²) in [7, 11) is 4.01. The van der Waals surface area contributed by atoms with E-state index in [0.29, 0.717) is 6.61 Å². The van der Waals surface area contributed by atoms with Crippen molar-refractivity contribution in [1.29, 1.82) is 0 Å². The third-order valence-electron chi connectivity index (χ3n) is 9.32. The summed E-state index contributed by atoms with van der Waals surface area (Å²) >= 11 is 0. The Morgan fingerprint density at radius 3 is 2.33 bits per heavy atom. The second-order valence-electron chi connectivity index (χ2n) is 12.6. The summed E-state index contributed by atoms with van der Waals surface area (Å²) < 4.78 is 10.7. The molecule has 39 heavy (non-hydrogen) atoms. The lowest BCUT2D eigenvalue weighted by atomic mass is 9.71. The summed E-state index contributed by atoms with van der Waals surface area (Å²) in [6, 6.07) is 24.6. The summed E-state index contributed by atoms with van der Waals surface area (Å²) in [5.41, 5.74) is 8.47. The minimum atomic E-state index is -0.303. The van der Waals surface area contributed by atoms with Gasteiger partial charge in [0.2, 0.25) is 5.52 Å². The second kappa shape index (κ2) is 8.12. The Labute approximate surface area is 229 Å². The van der Waals surface area contributed by atoms with Gasteiger partial charge in [-0.15, -0.1) is 0 Å². The zero-order valence-corrected chi connectivity index (χ0v) is 24.0. The predicted octanol–water partition coefficient (Wildman–Crippen LogP) is 7.76. The summed E-state index contributed by atoms with van der Waals surface area (Å²) in [6.07, 6.45) is 2.07. The second-order valence-corrected chi connectivity index (χ2v) is 12.6. The molecule has 0 spiro atoms. The molecule has 2 atom stereocenters. The van der Waals surface area contributed by atoms with E-state index in [9.17, 15) is 0 Å². The quantitative estimate of drug-likeness (QED) is 0.221. The minimum absolute atomic E-state index is 0.00273. The van der Waals surface area contributed by atoms with Crippen LogP contribution in [0.2, 0.25) is 0 Å². The fraction of sp³-hybridized carbons (Fsp3) is 0.314. The fourth-order valence-corrected chi connectivity index (χ4v) is 7.23. The lowest BCUT2D eigenvalue weighted by Crippen LogP contribution is -2.63. The minimum Gasteiger partial charge on any atom is -0.380 e. The third-order valence-corrected chi connectivity index (χ3v) is 9.32. The molecule has 0 N–H and O–H groups in total. The van der Waals surface area contributed by atoms with Gasteiger partial charge in [-0.05, 0) is 56.7 Å². The van der Waals surface area contributed by atoms with Crippen LogP contribution in [-0.2, 0) is 22.7 Å². The summed E-state index contributed by atoms with van der Waals surface area (Å²) in [5, 5.41) is 6.39. The van der Waals surface area contributed by atoms with Gasteiger partial charge in [0.05, 0.1) is 17.5 Å². The summed E-state index contributed by atoms with van der Waals surface area (Å²) in [5.74, 6) is 0.221. The smallest absolute Gasteiger partial charge is 0.288 e. The van der Waals surface area contributed by atoms with Gasteiger partial charge in [-0.2, -0.15) is 0 Å². The van der Waals surface area contributed by atoms with Crippen LogP contribution in [0.4, 0.5) is 0 Å². The highest BCUT2D eigenvalue weighted by molar-refractivity contribution is 6.18. The number of aromatic nitrogens is 3. The molecule has 6 aromatic rings. The number of aryl methyl sites for hydroxylation is 1. The van der Waals surface area contributed by atoms with Gasteiger partial charge in [0.15, 0.2) is 5.69 Å². The molecule has 1 aliphatic heterocycles. The van der Waals surface area contributed by atoms with Crippen molar-refractivity contribution < 1.29 is 9.30 Å². The highest BCUT2D eigenvalue weighted by Gasteiger charge is 2.48. The van der Waals surface area contributed by atoms with E-state index in [-0.39, 0.29) is 16.9 Å². The van der Waals surface area contributed by atoms with E-state index in [1.165, 1.54) is 60.3 Å². The van der Waals surface area contributed by atoms with Crippen molar-refractivity contribution >= 4 is 43.5 Å². The van der Waals surface area contributed by atoms with Crippen LogP contribution >= 0.6 is 0 Å². The number of hydrogen-bond donors (Lipinski definition) is 0. The van der Waals surface area contributed by atoms with Gasteiger partial charge in [-0.1, -0.05) is 82.3 Å². The number of rotatable bonds is 2. The van der Waals surface area contributed by atoms with Crippen LogP contribution in [0.25, 0.3) is 54.7 Å². The molecule has 0 amide bonds. The van der Waals surface area contributed by atoms with Crippen LogP contribution in [0.1, 0.15) is 51.7 Å². The van der Waals surface area contributed by atoms with Crippen LogP contribution < -0.4 is 4.57 Å². The lowest BCUT2D eigenvalue weighted by molar-refractivity contribution is -0.760. The van der Waals surface area contributed by atoms with E-state index in [4.69, 9.17) is 9.72 Å². The summed E-state index contributed by atoms with van der Waals surface area (Å²) in [4.78, 5) is 5.16. The molecule has 4 aromatic carbocycles. The van der Waals surface area contributed by atoms with Crippen LogP contribution in [0, 0.1) is 0 Å². The van der Waals surface area contributed by atoms with Gasteiger partial charge in [0.25, 0.3) is 6.33 Å². The molecule has 4 nitrogen and oxygen atoms in total. The van der Waals surface area contributed by atoms with Crippen LogP contribution in [-0.4, -0.2) is 23.3 Å². The molecule has 2 aromatic heterocycles. The molecule has 0 radical (unpaired) electrons. The lowest BCUT2D eigenvalue weighted by Gasteiger charge is -2.40. The first-order valence-electron chi connectivity index (χ1n) is 13.9. The van der Waals surface area contributed by atoms with E-state index in [0.717, 1.165) is 5.52 Å². The number of fused-ring (bicyclic) bond motifs is 11. The molecule has 3 heterocycles. The van der Waals surface area contributed by atoms with Crippen molar-refractivity contribution in [2.24, 2.45) is 7.05 Å². The normalized spacial score (nSPS) is 19.2. The monoisotopic (exact) mass is 514 g/mol. The van der Waals surface area contributed by atoms with Crippen molar-refractivity contribution in [3.8, 4) is 11.3 Å². The van der Waals surface area contributed by atoms with Crippen molar-refractivity contribution in [2.75, 3.05) is 13.7 Å². The largest absolute Gasteiger partial charge is 0.380 e. The molecule has 0 bridgehead atoms. The first-order valence-corrected chi connectivity index (χ1v) is 13.9. The molecule has 0 saturated carbocycles. The summed E-state index contributed by atoms with van der Waals surface area (Å²) in [6.45, 7) is 12.2. The number of ether oxygens (including phenoxy) is 1. The van der Waals surface area contributed by atoms with E-state index < -0.39 is 0 Å². The van der Waals surface area contributed by atoms with Crippen LogP contribution in [0.3, 0.4) is 0 Å². The number of benzene rings is 4. The number of hydrogen-bond acceptors (Lipinski definition) is 2. The predicted molar refractivity (Wildman–Crippen MR) is 162 cm³/mol. The Morgan fingerprint density at radius 2 is 1.62 bits per heavy atom. The van der Waals surface area contributed by atoms with Crippen molar-refractivity contribution in [1.82, 2.24) is 9.55 Å². The topological polar surface area (TPSA) is 30.9 Å².